The summed E-state index contributed by atoms with van der Waals surface area (Å²) in [7, 11) is -3.40. The van der Waals surface area contributed by atoms with Gasteiger partial charge in [-0.3, -0.25) is 4.79 Å². The Morgan fingerprint density at radius 2 is 2.15 bits per heavy atom. The molecule has 0 aromatic rings. The summed E-state index contributed by atoms with van der Waals surface area (Å²) in [6.07, 6.45) is 2.68. The van der Waals surface area contributed by atoms with E-state index in [1.54, 1.807) is 0 Å². The second-order valence-electron chi connectivity index (χ2n) is 2.93. The summed E-state index contributed by atoms with van der Waals surface area (Å²) in [5.41, 5.74) is 0.800. The van der Waals surface area contributed by atoms with E-state index in [2.05, 4.69) is 5.32 Å². The molecule has 0 unspecified atom stereocenters. The van der Waals surface area contributed by atoms with Gasteiger partial charge in [-0.15, -0.1) is 0 Å². The fourth-order valence-electron chi connectivity index (χ4n) is 1.09. The van der Waals surface area contributed by atoms with Crippen molar-refractivity contribution in [2.24, 2.45) is 5.14 Å². The van der Waals surface area contributed by atoms with Gasteiger partial charge in [0.1, 0.15) is 0 Å². The molecule has 0 spiro atoms. The van der Waals surface area contributed by atoms with Gasteiger partial charge in [0.25, 0.3) is 0 Å². The molecule has 0 amide bonds. The minimum Gasteiger partial charge on any atom is -0.387 e. The standard InChI is InChI=1S/C7H12N2O3S/c8-13(11,12)4-3-9-6-1-2-7(10)5-6/h5,9H,1-4H2,(H2,8,11,12). The number of carbonyl (C=O) groups is 1. The molecule has 1 rings (SSSR count). The number of hydrogen-bond donors (Lipinski definition) is 2. The second-order valence-corrected chi connectivity index (χ2v) is 4.66. The van der Waals surface area contributed by atoms with Gasteiger partial charge in [-0.25, -0.2) is 13.6 Å². The van der Waals surface area contributed by atoms with Crippen molar-refractivity contribution in [2.45, 2.75) is 12.8 Å². The van der Waals surface area contributed by atoms with Crippen molar-refractivity contribution in [3.8, 4) is 0 Å². The third kappa shape index (κ3) is 4.05. The Hall–Kier alpha value is -0.880. The first-order chi connectivity index (χ1) is 5.97. The summed E-state index contributed by atoms with van der Waals surface area (Å²) in [5.74, 6) is -0.0310. The Balaban J connectivity index is 2.28. The number of nitrogens with one attached hydrogen (secondary N) is 1. The van der Waals surface area contributed by atoms with Crippen LogP contribution in [0.3, 0.4) is 0 Å². The fourth-order valence-corrected chi connectivity index (χ4v) is 1.48. The zero-order valence-electron chi connectivity index (χ0n) is 7.12. The first-order valence-corrected chi connectivity index (χ1v) is 5.67. The van der Waals surface area contributed by atoms with E-state index >= 15 is 0 Å². The lowest BCUT2D eigenvalue weighted by molar-refractivity contribution is -0.114. The number of sulfonamides is 1. The predicted octanol–water partition coefficient (Wildman–Crippen LogP) is -0.889. The number of allylic oxidation sites excluding steroid dienone is 2. The van der Waals surface area contributed by atoms with Gasteiger partial charge in [0, 0.05) is 24.7 Å². The van der Waals surface area contributed by atoms with Gasteiger partial charge in [0.2, 0.25) is 10.0 Å². The Morgan fingerprint density at radius 1 is 1.46 bits per heavy atom. The zero-order valence-corrected chi connectivity index (χ0v) is 7.93. The molecule has 0 saturated heterocycles. The number of hydrogen-bond acceptors (Lipinski definition) is 4. The molecule has 74 valence electrons. The van der Waals surface area contributed by atoms with Crippen LogP contribution in [0.25, 0.3) is 0 Å². The van der Waals surface area contributed by atoms with Crippen LogP contribution in [0.2, 0.25) is 0 Å². The average molecular weight is 204 g/mol. The highest BCUT2D eigenvalue weighted by atomic mass is 32.2. The van der Waals surface area contributed by atoms with E-state index in [9.17, 15) is 13.2 Å². The van der Waals surface area contributed by atoms with Crippen LogP contribution >= 0.6 is 0 Å². The van der Waals surface area contributed by atoms with Crippen molar-refractivity contribution in [1.29, 1.82) is 0 Å². The number of rotatable bonds is 4. The number of nitrogens with two attached hydrogens (primary N) is 1. The predicted molar refractivity (Wildman–Crippen MR) is 48.3 cm³/mol. The van der Waals surface area contributed by atoms with Crippen molar-refractivity contribution in [3.05, 3.63) is 11.8 Å². The molecule has 0 aromatic carbocycles. The molecular weight excluding hydrogens is 192 g/mol. The highest BCUT2D eigenvalue weighted by molar-refractivity contribution is 7.89. The second kappa shape index (κ2) is 3.89. The van der Waals surface area contributed by atoms with Crippen LogP contribution in [0.4, 0.5) is 0 Å². The van der Waals surface area contributed by atoms with E-state index in [-0.39, 0.29) is 18.1 Å². The number of primary sulfonamides is 1. The molecule has 0 heterocycles. The molecule has 0 fully saturated rings. The Kier molecular flexibility index (Phi) is 3.05. The lowest BCUT2D eigenvalue weighted by Crippen LogP contribution is -2.26. The third-order valence-corrected chi connectivity index (χ3v) is 2.49. The Labute approximate surface area is 77.0 Å². The van der Waals surface area contributed by atoms with Crippen molar-refractivity contribution < 1.29 is 13.2 Å². The molecule has 13 heavy (non-hydrogen) atoms. The van der Waals surface area contributed by atoms with Gasteiger partial charge in [-0.2, -0.15) is 0 Å². The van der Waals surface area contributed by atoms with E-state index in [1.807, 2.05) is 0 Å². The van der Waals surface area contributed by atoms with E-state index < -0.39 is 10.0 Å². The number of carbonyl (C=O) groups excluding carboxylic acids is 1. The summed E-state index contributed by atoms with van der Waals surface area (Å²) in [6.45, 7) is 0.262. The maximum Gasteiger partial charge on any atom is 0.210 e. The van der Waals surface area contributed by atoms with Crippen molar-refractivity contribution in [1.82, 2.24) is 5.32 Å². The van der Waals surface area contributed by atoms with Crippen molar-refractivity contribution >= 4 is 15.8 Å². The largest absolute Gasteiger partial charge is 0.387 e. The molecule has 0 aliphatic heterocycles. The molecule has 0 aromatic heterocycles. The van der Waals surface area contributed by atoms with Crippen LogP contribution in [0.5, 0.6) is 0 Å². The highest BCUT2D eigenvalue weighted by Gasteiger charge is 2.11. The van der Waals surface area contributed by atoms with Gasteiger partial charge in [-0.1, -0.05) is 0 Å². The van der Waals surface area contributed by atoms with E-state index in [4.69, 9.17) is 5.14 Å². The van der Waals surface area contributed by atoms with Crippen LogP contribution < -0.4 is 10.5 Å². The van der Waals surface area contributed by atoms with E-state index in [0.29, 0.717) is 12.8 Å². The van der Waals surface area contributed by atoms with Gasteiger partial charge in [-0.05, 0) is 6.42 Å². The maximum atomic E-state index is 10.8. The van der Waals surface area contributed by atoms with Crippen LogP contribution in [-0.4, -0.2) is 26.5 Å². The molecule has 1 aliphatic rings. The molecular formula is C7H12N2O3S. The minimum absolute atomic E-state index is 0.0816. The molecule has 5 nitrogen and oxygen atoms in total. The monoisotopic (exact) mass is 204 g/mol. The molecule has 0 bridgehead atoms. The van der Waals surface area contributed by atoms with Crippen molar-refractivity contribution in [3.63, 3.8) is 0 Å². The highest BCUT2D eigenvalue weighted by Crippen LogP contribution is 2.10. The van der Waals surface area contributed by atoms with Gasteiger partial charge in [0.05, 0.1) is 5.75 Å². The van der Waals surface area contributed by atoms with Crippen LogP contribution in [0.1, 0.15) is 12.8 Å². The Morgan fingerprint density at radius 3 is 2.62 bits per heavy atom. The molecule has 0 saturated carbocycles. The van der Waals surface area contributed by atoms with Crippen molar-refractivity contribution in [2.75, 3.05) is 12.3 Å². The van der Waals surface area contributed by atoms with Crippen LogP contribution in [-0.2, 0) is 14.8 Å². The average Bonchev–Trinajstić information content (AvgIpc) is 2.33. The molecule has 1 aliphatic carbocycles. The smallest absolute Gasteiger partial charge is 0.210 e. The minimum atomic E-state index is -3.40. The molecule has 0 atom stereocenters. The van der Waals surface area contributed by atoms with Gasteiger partial charge in [0.15, 0.2) is 5.78 Å². The first kappa shape index (κ1) is 10.2. The summed E-state index contributed by atoms with van der Waals surface area (Å²) in [6, 6.07) is 0. The third-order valence-electron chi connectivity index (χ3n) is 1.71. The molecule has 6 heteroatoms. The van der Waals surface area contributed by atoms with E-state index in [1.165, 1.54) is 6.08 Å². The van der Waals surface area contributed by atoms with Gasteiger partial charge >= 0.3 is 0 Å². The quantitative estimate of drug-likeness (QED) is 0.621. The lowest BCUT2D eigenvalue weighted by Gasteiger charge is -2.04. The van der Waals surface area contributed by atoms with Crippen LogP contribution in [0.15, 0.2) is 11.8 Å². The molecule has 0 radical (unpaired) electrons. The van der Waals surface area contributed by atoms with Crippen LogP contribution in [0, 0.1) is 0 Å². The Bertz CT molecular complexity index is 332. The van der Waals surface area contributed by atoms with Gasteiger partial charge < -0.3 is 5.32 Å². The zero-order chi connectivity index (χ0) is 9.90. The summed E-state index contributed by atoms with van der Waals surface area (Å²) in [5, 5.41) is 7.64. The lowest BCUT2D eigenvalue weighted by atomic mass is 10.3. The fraction of sp³-hybridized carbons (Fsp3) is 0.571. The molecule has 3 N–H and O–H groups in total. The number of ketones is 1. The topological polar surface area (TPSA) is 89.3 Å². The normalized spacial score (nSPS) is 17.3. The summed E-state index contributed by atoms with van der Waals surface area (Å²) < 4.78 is 21.0. The summed E-state index contributed by atoms with van der Waals surface area (Å²) >= 11 is 0. The maximum absolute atomic E-state index is 10.8. The SMILES string of the molecule is NS(=O)(=O)CCNC1=CC(=O)CC1. The first-order valence-electron chi connectivity index (χ1n) is 3.95. The summed E-state index contributed by atoms with van der Waals surface area (Å²) in [4.78, 5) is 10.8. The van der Waals surface area contributed by atoms with E-state index in [0.717, 1.165) is 5.70 Å².